The number of rotatable bonds is 7. The van der Waals surface area contributed by atoms with Gasteiger partial charge in [-0.15, -0.1) is 0 Å². The molecule has 0 spiro atoms. The van der Waals surface area contributed by atoms with E-state index in [4.69, 9.17) is 15.2 Å². The molecule has 0 heterocycles. The molecule has 2 N–H and O–H groups in total. The molecule has 4 nitrogen and oxygen atoms in total. The van der Waals surface area contributed by atoms with Gasteiger partial charge in [0.25, 0.3) is 0 Å². The highest BCUT2D eigenvalue weighted by Gasteiger charge is 2.20. The van der Waals surface area contributed by atoms with Gasteiger partial charge in [-0.3, -0.25) is 0 Å². The van der Waals surface area contributed by atoms with Gasteiger partial charge in [0.2, 0.25) is 0 Å². The van der Waals surface area contributed by atoms with Crippen molar-refractivity contribution in [1.82, 2.24) is 0 Å². The Morgan fingerprint density at radius 2 is 2.17 bits per heavy atom. The number of hydrogen-bond donors (Lipinski definition) is 1. The summed E-state index contributed by atoms with van der Waals surface area (Å²) in [6, 6.07) is 7.46. The lowest BCUT2D eigenvalue weighted by molar-refractivity contribution is -0.151. The molecule has 4 heteroatoms. The highest BCUT2D eigenvalue weighted by atomic mass is 16.6. The molecule has 1 unspecified atom stereocenters. The summed E-state index contributed by atoms with van der Waals surface area (Å²) in [5.74, 6) is 0.349. The molecular weight excluding hydrogens is 230 g/mol. The third-order valence-corrected chi connectivity index (χ3v) is 2.51. The minimum atomic E-state index is -0.539. The first-order chi connectivity index (χ1) is 8.71. The minimum absolute atomic E-state index is 0.308. The standard InChI is InChI=1S/C14H21NO3/c1-3-6-13(14(16)17-4-2)18-12-8-5-7-11(9-12)10-15/h5,7-9,13H,3-4,6,10,15H2,1-2H3. The van der Waals surface area contributed by atoms with Crippen LogP contribution in [0.4, 0.5) is 0 Å². The Kier molecular flexibility index (Phi) is 6.22. The molecule has 1 aromatic carbocycles. The van der Waals surface area contributed by atoms with Gasteiger partial charge in [0, 0.05) is 6.54 Å². The fourth-order valence-electron chi connectivity index (χ4n) is 1.63. The number of ether oxygens (including phenoxy) is 2. The summed E-state index contributed by atoms with van der Waals surface area (Å²) in [5, 5.41) is 0. The predicted molar refractivity (Wildman–Crippen MR) is 70.3 cm³/mol. The van der Waals surface area contributed by atoms with E-state index in [1.165, 1.54) is 0 Å². The summed E-state index contributed by atoms with van der Waals surface area (Å²) >= 11 is 0. The summed E-state index contributed by atoms with van der Waals surface area (Å²) in [4.78, 5) is 11.7. The van der Waals surface area contributed by atoms with Crippen LogP contribution < -0.4 is 10.5 Å². The van der Waals surface area contributed by atoms with Gasteiger partial charge in [0.15, 0.2) is 6.10 Å². The Labute approximate surface area is 108 Å². The number of esters is 1. The number of benzene rings is 1. The molecule has 100 valence electrons. The maximum Gasteiger partial charge on any atom is 0.347 e. The molecule has 0 saturated heterocycles. The molecular formula is C14H21NO3. The first-order valence-electron chi connectivity index (χ1n) is 6.33. The largest absolute Gasteiger partial charge is 0.479 e. The third-order valence-electron chi connectivity index (χ3n) is 2.51. The molecule has 1 rings (SSSR count). The van der Waals surface area contributed by atoms with E-state index in [0.29, 0.717) is 25.3 Å². The molecule has 1 atom stereocenters. The van der Waals surface area contributed by atoms with Crippen LogP contribution in [0.2, 0.25) is 0 Å². The summed E-state index contributed by atoms with van der Waals surface area (Å²) < 4.78 is 10.7. The van der Waals surface area contributed by atoms with Crippen molar-refractivity contribution in [2.45, 2.75) is 39.3 Å². The molecule has 0 aliphatic heterocycles. The maximum atomic E-state index is 11.7. The van der Waals surface area contributed by atoms with E-state index in [2.05, 4.69) is 0 Å². The second-order valence-electron chi connectivity index (χ2n) is 4.00. The van der Waals surface area contributed by atoms with Crippen molar-refractivity contribution in [3.63, 3.8) is 0 Å². The molecule has 0 aliphatic carbocycles. The van der Waals surface area contributed by atoms with E-state index in [1.807, 2.05) is 31.2 Å². The molecule has 0 bridgehead atoms. The molecule has 0 saturated carbocycles. The molecule has 0 aliphatic rings. The van der Waals surface area contributed by atoms with Crippen molar-refractivity contribution < 1.29 is 14.3 Å². The maximum absolute atomic E-state index is 11.7. The SMILES string of the molecule is CCCC(Oc1cccc(CN)c1)C(=O)OCC. The molecule has 0 aromatic heterocycles. The zero-order chi connectivity index (χ0) is 13.4. The van der Waals surface area contributed by atoms with Crippen LogP contribution in [-0.4, -0.2) is 18.7 Å². The van der Waals surface area contributed by atoms with Crippen LogP contribution in [-0.2, 0) is 16.1 Å². The fraction of sp³-hybridized carbons (Fsp3) is 0.500. The van der Waals surface area contributed by atoms with Crippen molar-refractivity contribution >= 4 is 5.97 Å². The zero-order valence-corrected chi connectivity index (χ0v) is 11.0. The summed E-state index contributed by atoms with van der Waals surface area (Å²) in [5.41, 5.74) is 6.55. The summed E-state index contributed by atoms with van der Waals surface area (Å²) in [7, 11) is 0. The quantitative estimate of drug-likeness (QED) is 0.755. The molecule has 1 aromatic rings. The van der Waals surface area contributed by atoms with Gasteiger partial charge in [-0.25, -0.2) is 4.79 Å². The summed E-state index contributed by atoms with van der Waals surface area (Å²) in [6.07, 6.45) is 0.967. The van der Waals surface area contributed by atoms with Crippen LogP contribution in [0.25, 0.3) is 0 Å². The molecule has 0 amide bonds. The van der Waals surface area contributed by atoms with Gasteiger partial charge in [-0.1, -0.05) is 25.5 Å². The fourth-order valence-corrected chi connectivity index (χ4v) is 1.63. The monoisotopic (exact) mass is 251 g/mol. The van der Waals surface area contributed by atoms with Crippen LogP contribution in [0, 0.1) is 0 Å². The highest BCUT2D eigenvalue weighted by molar-refractivity contribution is 5.75. The van der Waals surface area contributed by atoms with E-state index in [1.54, 1.807) is 6.92 Å². The van der Waals surface area contributed by atoms with E-state index < -0.39 is 6.10 Å². The third kappa shape index (κ3) is 4.37. The first-order valence-corrected chi connectivity index (χ1v) is 6.33. The second kappa shape index (κ2) is 7.71. The Morgan fingerprint density at radius 3 is 2.78 bits per heavy atom. The Bertz CT molecular complexity index is 379. The average Bonchev–Trinajstić information content (AvgIpc) is 2.39. The molecule has 0 fully saturated rings. The van der Waals surface area contributed by atoms with Gasteiger partial charge in [0.05, 0.1) is 6.61 Å². The van der Waals surface area contributed by atoms with Crippen molar-refractivity contribution in [3.8, 4) is 5.75 Å². The smallest absolute Gasteiger partial charge is 0.347 e. The van der Waals surface area contributed by atoms with Gasteiger partial charge < -0.3 is 15.2 Å². The van der Waals surface area contributed by atoms with Gasteiger partial charge in [-0.2, -0.15) is 0 Å². The van der Waals surface area contributed by atoms with Gasteiger partial charge >= 0.3 is 5.97 Å². The number of carbonyl (C=O) groups excluding carboxylic acids is 1. The Hall–Kier alpha value is -1.55. The summed E-state index contributed by atoms with van der Waals surface area (Å²) in [6.45, 7) is 4.61. The minimum Gasteiger partial charge on any atom is -0.479 e. The zero-order valence-electron chi connectivity index (χ0n) is 11.0. The lowest BCUT2D eigenvalue weighted by Gasteiger charge is -2.17. The second-order valence-corrected chi connectivity index (χ2v) is 4.00. The molecule has 0 radical (unpaired) electrons. The van der Waals surface area contributed by atoms with Gasteiger partial charge in [-0.05, 0) is 31.0 Å². The Balaban J connectivity index is 2.72. The van der Waals surface area contributed by atoms with Crippen LogP contribution in [0.15, 0.2) is 24.3 Å². The lowest BCUT2D eigenvalue weighted by atomic mass is 10.2. The van der Waals surface area contributed by atoms with Crippen LogP contribution in [0.1, 0.15) is 32.3 Å². The van der Waals surface area contributed by atoms with E-state index in [-0.39, 0.29) is 5.97 Å². The van der Waals surface area contributed by atoms with Gasteiger partial charge in [0.1, 0.15) is 5.75 Å². The number of carbonyl (C=O) groups is 1. The normalized spacial score (nSPS) is 11.9. The van der Waals surface area contributed by atoms with Crippen molar-refractivity contribution in [1.29, 1.82) is 0 Å². The number of hydrogen-bond acceptors (Lipinski definition) is 4. The predicted octanol–water partition coefficient (Wildman–Crippen LogP) is 2.26. The highest BCUT2D eigenvalue weighted by Crippen LogP contribution is 2.17. The van der Waals surface area contributed by atoms with Crippen LogP contribution in [0.5, 0.6) is 5.75 Å². The number of nitrogens with two attached hydrogens (primary N) is 1. The van der Waals surface area contributed by atoms with Crippen LogP contribution >= 0.6 is 0 Å². The average molecular weight is 251 g/mol. The first kappa shape index (κ1) is 14.5. The van der Waals surface area contributed by atoms with Crippen molar-refractivity contribution in [2.75, 3.05) is 6.61 Å². The van der Waals surface area contributed by atoms with Crippen LogP contribution in [0.3, 0.4) is 0 Å². The molecule has 18 heavy (non-hydrogen) atoms. The van der Waals surface area contributed by atoms with E-state index in [9.17, 15) is 4.79 Å². The Morgan fingerprint density at radius 1 is 1.39 bits per heavy atom. The van der Waals surface area contributed by atoms with Crippen molar-refractivity contribution in [2.24, 2.45) is 5.73 Å². The van der Waals surface area contributed by atoms with Crippen molar-refractivity contribution in [3.05, 3.63) is 29.8 Å². The topological polar surface area (TPSA) is 61.5 Å². The van der Waals surface area contributed by atoms with E-state index in [0.717, 1.165) is 12.0 Å². The van der Waals surface area contributed by atoms with E-state index >= 15 is 0 Å². The lowest BCUT2D eigenvalue weighted by Crippen LogP contribution is -2.29.